The molecule has 4 rings (SSSR count). The number of likely N-dealkylation sites (tertiary alicyclic amines) is 1. The number of fused-ring (bicyclic) bond motifs is 3. The highest BCUT2D eigenvalue weighted by atomic mass is 32.2. The predicted molar refractivity (Wildman–Crippen MR) is 116 cm³/mol. The fraction of sp³-hybridized carbons (Fsp3) is 0.571. The van der Waals surface area contributed by atoms with Gasteiger partial charge in [0.25, 0.3) is 5.56 Å². The minimum absolute atomic E-state index is 0.0252. The first-order chi connectivity index (χ1) is 13.7. The topological polar surface area (TPSA) is 55.2 Å². The molecule has 0 bridgehead atoms. The Morgan fingerprint density at radius 3 is 2.68 bits per heavy atom. The summed E-state index contributed by atoms with van der Waals surface area (Å²) in [4.78, 5) is 34.8. The van der Waals surface area contributed by atoms with Gasteiger partial charge in [0.1, 0.15) is 4.83 Å². The highest BCUT2D eigenvalue weighted by Gasteiger charge is 2.22. The summed E-state index contributed by atoms with van der Waals surface area (Å²) in [6.07, 6.45) is 10.7. The molecule has 2 aromatic heterocycles. The van der Waals surface area contributed by atoms with Crippen LogP contribution in [-0.4, -0.2) is 39.2 Å². The van der Waals surface area contributed by atoms with Gasteiger partial charge in [-0.15, -0.1) is 17.9 Å². The molecule has 3 heterocycles. The molecule has 0 atom stereocenters. The summed E-state index contributed by atoms with van der Waals surface area (Å²) in [6.45, 7) is 5.93. The van der Waals surface area contributed by atoms with Crippen molar-refractivity contribution >= 4 is 39.2 Å². The van der Waals surface area contributed by atoms with Gasteiger partial charge in [-0.25, -0.2) is 4.98 Å². The van der Waals surface area contributed by atoms with Crippen LogP contribution in [0.3, 0.4) is 0 Å². The van der Waals surface area contributed by atoms with Crippen molar-refractivity contribution in [2.24, 2.45) is 0 Å². The second kappa shape index (κ2) is 8.82. The maximum Gasteiger partial charge on any atom is 0.263 e. The van der Waals surface area contributed by atoms with Gasteiger partial charge >= 0.3 is 0 Å². The summed E-state index contributed by atoms with van der Waals surface area (Å²) >= 11 is 3.06. The Labute approximate surface area is 173 Å². The number of thiophene rings is 1. The fourth-order valence-corrected chi connectivity index (χ4v) is 6.37. The number of aryl methyl sites for hydroxylation is 2. The molecule has 0 spiro atoms. The zero-order valence-corrected chi connectivity index (χ0v) is 17.9. The van der Waals surface area contributed by atoms with Crippen molar-refractivity contribution in [3.05, 3.63) is 33.4 Å². The fourth-order valence-electron chi connectivity index (χ4n) is 4.16. The van der Waals surface area contributed by atoms with Gasteiger partial charge in [-0.05, 0) is 50.5 Å². The monoisotopic (exact) mass is 417 g/mol. The summed E-state index contributed by atoms with van der Waals surface area (Å²) in [5, 5.41) is 1.44. The van der Waals surface area contributed by atoms with Crippen LogP contribution < -0.4 is 5.56 Å². The highest BCUT2D eigenvalue weighted by molar-refractivity contribution is 7.99. The van der Waals surface area contributed by atoms with Crippen molar-refractivity contribution < 1.29 is 4.79 Å². The first-order valence-corrected chi connectivity index (χ1v) is 12.1. The van der Waals surface area contributed by atoms with E-state index < -0.39 is 0 Å². The lowest BCUT2D eigenvalue weighted by Crippen LogP contribution is -2.37. The summed E-state index contributed by atoms with van der Waals surface area (Å²) in [5.74, 6) is 0.478. The third kappa shape index (κ3) is 3.92. The number of thioether (sulfide) groups is 1. The summed E-state index contributed by atoms with van der Waals surface area (Å²) in [7, 11) is 0. The maximum absolute atomic E-state index is 13.3. The van der Waals surface area contributed by atoms with Crippen molar-refractivity contribution in [2.75, 3.05) is 18.8 Å². The lowest BCUT2D eigenvalue weighted by molar-refractivity contribution is -0.129. The average Bonchev–Trinajstić information content (AvgIpc) is 2.90. The van der Waals surface area contributed by atoms with Crippen LogP contribution in [-0.2, 0) is 24.2 Å². The lowest BCUT2D eigenvalue weighted by atomic mass is 10.1. The summed E-state index contributed by atoms with van der Waals surface area (Å²) in [6, 6.07) is 0. The molecule has 1 amide bonds. The van der Waals surface area contributed by atoms with E-state index in [1.165, 1.54) is 41.5 Å². The van der Waals surface area contributed by atoms with Gasteiger partial charge < -0.3 is 4.90 Å². The molecule has 2 aliphatic rings. The standard InChI is InChI=1S/C21H27N3O2S2/c1-2-11-24-20(26)18-15-9-5-3-6-10-16(15)28-19(18)22-21(24)27-14-17(25)23-12-7-4-8-13-23/h2H,1,3-14H2. The number of amides is 1. The first-order valence-electron chi connectivity index (χ1n) is 10.3. The highest BCUT2D eigenvalue weighted by Crippen LogP contribution is 2.34. The molecule has 1 saturated heterocycles. The Morgan fingerprint density at radius 2 is 1.89 bits per heavy atom. The van der Waals surface area contributed by atoms with Crippen molar-refractivity contribution in [3.63, 3.8) is 0 Å². The van der Waals surface area contributed by atoms with E-state index in [0.717, 1.165) is 55.4 Å². The third-order valence-corrected chi connectivity index (χ3v) is 7.78. The van der Waals surface area contributed by atoms with Crippen LogP contribution in [0, 0.1) is 0 Å². The van der Waals surface area contributed by atoms with Crippen molar-refractivity contribution in [3.8, 4) is 0 Å². The normalized spacial score (nSPS) is 17.4. The van der Waals surface area contributed by atoms with Crippen LogP contribution in [0.4, 0.5) is 0 Å². The molecule has 1 aliphatic carbocycles. The van der Waals surface area contributed by atoms with Crippen molar-refractivity contribution in [2.45, 2.75) is 63.1 Å². The molecular weight excluding hydrogens is 390 g/mol. The smallest absolute Gasteiger partial charge is 0.263 e. The number of carbonyl (C=O) groups is 1. The zero-order chi connectivity index (χ0) is 19.5. The molecule has 150 valence electrons. The van der Waals surface area contributed by atoms with Crippen LogP contribution >= 0.6 is 23.1 Å². The van der Waals surface area contributed by atoms with Gasteiger partial charge in [0.15, 0.2) is 5.16 Å². The first kappa shape index (κ1) is 19.7. The summed E-state index contributed by atoms with van der Waals surface area (Å²) in [5.41, 5.74) is 1.24. The van der Waals surface area contributed by atoms with Gasteiger partial charge in [0.05, 0.1) is 11.1 Å². The molecule has 2 aromatic rings. The number of aromatic nitrogens is 2. The van der Waals surface area contributed by atoms with E-state index in [9.17, 15) is 9.59 Å². The molecule has 28 heavy (non-hydrogen) atoms. The molecule has 1 fully saturated rings. The number of piperidine rings is 1. The number of carbonyl (C=O) groups excluding carboxylic acids is 1. The number of rotatable bonds is 5. The van der Waals surface area contributed by atoms with E-state index in [-0.39, 0.29) is 11.5 Å². The SMILES string of the molecule is C=CCn1c(SCC(=O)N2CCCCC2)nc2sc3c(c2c1=O)CCCCC3. The molecule has 0 unspecified atom stereocenters. The molecule has 0 radical (unpaired) electrons. The zero-order valence-electron chi connectivity index (χ0n) is 16.2. The Balaban J connectivity index is 1.65. The average molecular weight is 418 g/mol. The van der Waals surface area contributed by atoms with E-state index in [1.54, 1.807) is 22.0 Å². The van der Waals surface area contributed by atoms with Gasteiger partial charge in [-0.1, -0.05) is 24.3 Å². The van der Waals surface area contributed by atoms with Gasteiger partial charge in [0.2, 0.25) is 5.91 Å². The molecule has 0 N–H and O–H groups in total. The van der Waals surface area contributed by atoms with Gasteiger partial charge in [0, 0.05) is 24.5 Å². The Hall–Kier alpha value is -1.60. The second-order valence-corrected chi connectivity index (χ2v) is 9.60. The number of hydrogen-bond donors (Lipinski definition) is 0. The second-order valence-electron chi connectivity index (χ2n) is 7.57. The molecule has 1 aliphatic heterocycles. The number of nitrogens with zero attached hydrogens (tertiary/aromatic N) is 3. The van der Waals surface area contributed by atoms with Crippen LogP contribution in [0.5, 0.6) is 0 Å². The Morgan fingerprint density at radius 1 is 1.14 bits per heavy atom. The third-order valence-electron chi connectivity index (χ3n) is 5.64. The predicted octanol–water partition coefficient (Wildman–Crippen LogP) is 4.02. The molecule has 5 nitrogen and oxygen atoms in total. The van der Waals surface area contributed by atoms with E-state index >= 15 is 0 Å². The Kier molecular flexibility index (Phi) is 6.21. The van der Waals surface area contributed by atoms with Crippen LogP contribution in [0.1, 0.15) is 49.0 Å². The largest absolute Gasteiger partial charge is 0.342 e. The minimum Gasteiger partial charge on any atom is -0.342 e. The van der Waals surface area contributed by atoms with Crippen molar-refractivity contribution in [1.82, 2.24) is 14.5 Å². The van der Waals surface area contributed by atoms with E-state index in [0.29, 0.717) is 17.5 Å². The quantitative estimate of drug-likeness (QED) is 0.319. The summed E-state index contributed by atoms with van der Waals surface area (Å²) < 4.78 is 1.70. The van der Waals surface area contributed by atoms with Crippen LogP contribution in [0.25, 0.3) is 10.2 Å². The van der Waals surface area contributed by atoms with E-state index in [1.807, 2.05) is 4.90 Å². The van der Waals surface area contributed by atoms with Crippen molar-refractivity contribution in [1.29, 1.82) is 0 Å². The maximum atomic E-state index is 13.3. The molecule has 7 heteroatoms. The molecular formula is C21H27N3O2S2. The molecule has 0 saturated carbocycles. The van der Waals surface area contributed by atoms with E-state index in [4.69, 9.17) is 4.98 Å². The lowest BCUT2D eigenvalue weighted by Gasteiger charge is -2.26. The molecule has 0 aromatic carbocycles. The van der Waals surface area contributed by atoms with E-state index in [2.05, 4.69) is 6.58 Å². The minimum atomic E-state index is 0.0252. The van der Waals surface area contributed by atoms with Crippen LogP contribution in [0.2, 0.25) is 0 Å². The Bertz CT molecular complexity index is 941. The van der Waals surface area contributed by atoms with Gasteiger partial charge in [-0.2, -0.15) is 0 Å². The van der Waals surface area contributed by atoms with Crippen LogP contribution in [0.15, 0.2) is 22.6 Å². The number of allylic oxidation sites excluding steroid dienone is 1. The van der Waals surface area contributed by atoms with Gasteiger partial charge in [-0.3, -0.25) is 14.2 Å². The number of hydrogen-bond acceptors (Lipinski definition) is 5.